The number of hydrogen-bond acceptors (Lipinski definition) is 2. The highest BCUT2D eigenvalue weighted by molar-refractivity contribution is 5.87. The first-order valence-electron chi connectivity index (χ1n) is 6.55. The van der Waals surface area contributed by atoms with Crippen LogP contribution in [0.3, 0.4) is 0 Å². The van der Waals surface area contributed by atoms with E-state index in [4.69, 9.17) is 0 Å². The zero-order chi connectivity index (χ0) is 14.2. The number of nitrogens with one attached hydrogen (secondary N) is 2. The van der Waals surface area contributed by atoms with Gasteiger partial charge in [-0.1, -0.05) is 48.5 Å². The second kappa shape index (κ2) is 7.26. The molecule has 0 spiro atoms. The lowest BCUT2D eigenvalue weighted by Gasteiger charge is -1.95. The Labute approximate surface area is 118 Å². The van der Waals surface area contributed by atoms with Crippen molar-refractivity contribution in [1.82, 2.24) is 10.3 Å². The van der Waals surface area contributed by atoms with Crippen molar-refractivity contribution in [3.63, 3.8) is 0 Å². The number of aromatic nitrogens is 1. The van der Waals surface area contributed by atoms with Crippen molar-refractivity contribution in [2.75, 3.05) is 7.05 Å². The van der Waals surface area contributed by atoms with Gasteiger partial charge in [0.05, 0.1) is 5.69 Å². The standard InChI is InChI=1S/C9H7NO.C8H11N/c11-6-8-5-7-3-1-2-4-9(7)10-8;1-9-7-8-5-3-2-4-6-8/h1-6,10H;2-6,9H,7H2,1H3. The number of carbonyl (C=O) groups is 1. The Morgan fingerprint density at radius 1 is 1.05 bits per heavy atom. The van der Waals surface area contributed by atoms with Crippen molar-refractivity contribution < 1.29 is 4.79 Å². The van der Waals surface area contributed by atoms with Gasteiger partial charge in [-0.25, -0.2) is 0 Å². The predicted octanol–water partition coefficient (Wildman–Crippen LogP) is 3.39. The van der Waals surface area contributed by atoms with Crippen molar-refractivity contribution in [3.8, 4) is 0 Å². The maximum absolute atomic E-state index is 10.3. The van der Waals surface area contributed by atoms with E-state index < -0.39 is 0 Å². The van der Waals surface area contributed by atoms with E-state index in [0.717, 1.165) is 23.7 Å². The summed E-state index contributed by atoms with van der Waals surface area (Å²) in [4.78, 5) is 13.3. The van der Waals surface area contributed by atoms with E-state index in [1.54, 1.807) is 0 Å². The Hall–Kier alpha value is -2.39. The average Bonchev–Trinajstić information content (AvgIpc) is 2.92. The zero-order valence-electron chi connectivity index (χ0n) is 11.5. The summed E-state index contributed by atoms with van der Waals surface area (Å²) in [6, 6.07) is 20.0. The minimum Gasteiger partial charge on any atom is -0.352 e. The van der Waals surface area contributed by atoms with Gasteiger partial charge in [0.25, 0.3) is 0 Å². The third-order valence-electron chi connectivity index (χ3n) is 2.90. The van der Waals surface area contributed by atoms with Gasteiger partial charge in [-0.2, -0.15) is 0 Å². The van der Waals surface area contributed by atoms with E-state index in [0.29, 0.717) is 5.69 Å². The van der Waals surface area contributed by atoms with Gasteiger partial charge in [0, 0.05) is 17.4 Å². The number of benzene rings is 2. The van der Waals surface area contributed by atoms with E-state index in [2.05, 4.69) is 22.4 Å². The SMILES string of the molecule is CNCc1ccccc1.O=Cc1cc2ccccc2[nH]1. The Morgan fingerprint density at radius 2 is 1.75 bits per heavy atom. The number of fused-ring (bicyclic) bond motifs is 1. The van der Waals surface area contributed by atoms with Crippen LogP contribution in [-0.4, -0.2) is 18.3 Å². The van der Waals surface area contributed by atoms with Crippen LogP contribution in [0.5, 0.6) is 0 Å². The minimum absolute atomic E-state index is 0.631. The van der Waals surface area contributed by atoms with Crippen LogP contribution in [0.2, 0.25) is 0 Å². The van der Waals surface area contributed by atoms with Gasteiger partial charge < -0.3 is 10.3 Å². The topological polar surface area (TPSA) is 44.9 Å². The van der Waals surface area contributed by atoms with Crippen LogP contribution in [0, 0.1) is 0 Å². The van der Waals surface area contributed by atoms with Crippen molar-refractivity contribution in [1.29, 1.82) is 0 Å². The lowest BCUT2D eigenvalue weighted by atomic mass is 10.2. The van der Waals surface area contributed by atoms with Gasteiger partial charge in [-0.15, -0.1) is 0 Å². The number of rotatable bonds is 3. The summed E-state index contributed by atoms with van der Waals surface area (Å²) in [5.74, 6) is 0. The first-order valence-corrected chi connectivity index (χ1v) is 6.55. The molecule has 0 bridgehead atoms. The Bertz CT molecular complexity index is 626. The van der Waals surface area contributed by atoms with Crippen LogP contribution >= 0.6 is 0 Å². The van der Waals surface area contributed by atoms with E-state index in [-0.39, 0.29) is 0 Å². The third-order valence-corrected chi connectivity index (χ3v) is 2.90. The molecule has 3 aromatic rings. The summed E-state index contributed by atoms with van der Waals surface area (Å²) in [5, 5.41) is 4.16. The highest BCUT2D eigenvalue weighted by atomic mass is 16.1. The van der Waals surface area contributed by atoms with Crippen molar-refractivity contribution in [2.45, 2.75) is 6.54 Å². The zero-order valence-corrected chi connectivity index (χ0v) is 11.5. The van der Waals surface area contributed by atoms with Crippen molar-refractivity contribution in [2.24, 2.45) is 0 Å². The molecule has 0 atom stereocenters. The molecule has 0 saturated carbocycles. The molecule has 1 aromatic heterocycles. The molecule has 1 heterocycles. The maximum Gasteiger partial charge on any atom is 0.166 e. The third kappa shape index (κ3) is 3.80. The van der Waals surface area contributed by atoms with Crippen LogP contribution in [0.25, 0.3) is 10.9 Å². The van der Waals surface area contributed by atoms with Gasteiger partial charge >= 0.3 is 0 Å². The van der Waals surface area contributed by atoms with Crippen LogP contribution in [0.15, 0.2) is 60.7 Å². The fraction of sp³-hybridized carbons (Fsp3) is 0.118. The molecule has 2 N–H and O–H groups in total. The first-order chi connectivity index (χ1) is 9.83. The highest BCUT2D eigenvalue weighted by Gasteiger charge is 1.95. The summed E-state index contributed by atoms with van der Waals surface area (Å²) in [6.45, 7) is 0.959. The second-order valence-electron chi connectivity index (χ2n) is 4.45. The van der Waals surface area contributed by atoms with Crippen molar-refractivity contribution >= 4 is 17.2 Å². The van der Waals surface area contributed by atoms with Crippen molar-refractivity contribution in [3.05, 3.63) is 71.9 Å². The molecule has 0 unspecified atom stereocenters. The summed E-state index contributed by atoms with van der Waals surface area (Å²) in [5.41, 5.74) is 2.97. The number of carbonyl (C=O) groups excluding carboxylic acids is 1. The Morgan fingerprint density at radius 3 is 2.40 bits per heavy atom. The number of H-pyrrole nitrogens is 1. The van der Waals surface area contributed by atoms with Crippen LogP contribution in [0.4, 0.5) is 0 Å². The summed E-state index contributed by atoms with van der Waals surface area (Å²) in [7, 11) is 1.95. The van der Waals surface area contributed by atoms with Crippen LogP contribution in [0.1, 0.15) is 16.1 Å². The molecule has 3 rings (SSSR count). The lowest BCUT2D eigenvalue weighted by molar-refractivity contribution is 0.112. The van der Waals surface area contributed by atoms with Gasteiger partial charge in [-0.3, -0.25) is 4.79 Å². The van der Waals surface area contributed by atoms with Gasteiger partial charge in [-0.05, 0) is 24.7 Å². The molecule has 102 valence electrons. The van der Waals surface area contributed by atoms with E-state index in [1.165, 1.54) is 5.56 Å². The number of para-hydroxylation sites is 1. The fourth-order valence-corrected chi connectivity index (χ4v) is 1.96. The molecule has 3 heteroatoms. The molecule has 0 aliphatic heterocycles. The molecule has 20 heavy (non-hydrogen) atoms. The average molecular weight is 266 g/mol. The van der Waals surface area contributed by atoms with Crippen LogP contribution in [-0.2, 0) is 6.54 Å². The van der Waals surface area contributed by atoms with Gasteiger partial charge in [0.15, 0.2) is 6.29 Å². The predicted molar refractivity (Wildman–Crippen MR) is 82.9 cm³/mol. The second-order valence-corrected chi connectivity index (χ2v) is 4.45. The summed E-state index contributed by atoms with van der Waals surface area (Å²) >= 11 is 0. The van der Waals surface area contributed by atoms with E-state index in [9.17, 15) is 4.79 Å². The Balaban J connectivity index is 0.000000151. The highest BCUT2D eigenvalue weighted by Crippen LogP contribution is 2.12. The molecule has 0 aliphatic rings. The molecular weight excluding hydrogens is 248 g/mol. The van der Waals surface area contributed by atoms with Gasteiger partial charge in [0.1, 0.15) is 0 Å². The number of aldehydes is 1. The number of aromatic amines is 1. The molecular formula is C17H18N2O. The molecule has 0 aliphatic carbocycles. The van der Waals surface area contributed by atoms with Crippen LogP contribution < -0.4 is 5.32 Å². The summed E-state index contributed by atoms with van der Waals surface area (Å²) in [6.07, 6.45) is 0.819. The maximum atomic E-state index is 10.3. The van der Waals surface area contributed by atoms with Gasteiger partial charge in [0.2, 0.25) is 0 Å². The molecule has 3 nitrogen and oxygen atoms in total. The number of hydrogen-bond donors (Lipinski definition) is 2. The molecule has 0 amide bonds. The summed E-state index contributed by atoms with van der Waals surface area (Å²) < 4.78 is 0. The van der Waals surface area contributed by atoms with E-state index in [1.807, 2.05) is 55.6 Å². The largest absolute Gasteiger partial charge is 0.352 e. The first kappa shape index (κ1) is 14.0. The fourth-order valence-electron chi connectivity index (χ4n) is 1.96. The Kier molecular flexibility index (Phi) is 5.09. The quantitative estimate of drug-likeness (QED) is 0.714. The molecule has 0 fully saturated rings. The smallest absolute Gasteiger partial charge is 0.166 e. The molecule has 2 aromatic carbocycles. The normalized spacial score (nSPS) is 9.85. The lowest BCUT2D eigenvalue weighted by Crippen LogP contribution is -2.04. The molecule has 0 radical (unpaired) electrons. The molecule has 0 saturated heterocycles. The monoisotopic (exact) mass is 266 g/mol. The van der Waals surface area contributed by atoms with E-state index >= 15 is 0 Å². The minimum atomic E-state index is 0.631.